The minimum atomic E-state index is -4.02. The van der Waals surface area contributed by atoms with Crippen molar-refractivity contribution in [1.82, 2.24) is 10.3 Å². The Kier molecular flexibility index (Phi) is 6.74. The van der Waals surface area contributed by atoms with Gasteiger partial charge in [-0.1, -0.05) is 11.3 Å². The van der Waals surface area contributed by atoms with E-state index >= 15 is 0 Å². The Bertz CT molecular complexity index is 1860. The number of thiazole rings is 1. The Morgan fingerprint density at radius 2 is 1.64 bits per heavy atom. The monoisotopic (exact) mass is 647 g/mol. The molecule has 3 aliphatic rings. The van der Waals surface area contributed by atoms with Crippen molar-refractivity contribution in [2.24, 2.45) is 0 Å². The van der Waals surface area contributed by atoms with Crippen LogP contribution in [0.3, 0.4) is 0 Å². The topological polar surface area (TPSA) is 133 Å². The van der Waals surface area contributed by atoms with Crippen molar-refractivity contribution in [2.45, 2.75) is 19.0 Å². The number of hydrogen-bond donors (Lipinski definition) is 3. The van der Waals surface area contributed by atoms with Gasteiger partial charge >= 0.3 is 12.6 Å². The molecule has 0 spiro atoms. The number of benzene rings is 3. The van der Waals surface area contributed by atoms with E-state index in [-0.39, 0.29) is 39.8 Å². The fourth-order valence-corrected chi connectivity index (χ4v) is 6.16. The predicted octanol–water partition coefficient (Wildman–Crippen LogP) is 5.21. The van der Waals surface area contributed by atoms with E-state index in [2.05, 4.69) is 39.9 Å². The van der Waals surface area contributed by atoms with Crippen LogP contribution in [0, 0.1) is 0 Å². The molecule has 0 saturated carbocycles. The molecule has 0 atom stereocenters. The molecule has 4 heterocycles. The van der Waals surface area contributed by atoms with Crippen LogP contribution in [0.1, 0.15) is 27.1 Å². The molecule has 1 fully saturated rings. The fraction of sp³-hybridized carbons (Fsp3) is 0.250. The van der Waals surface area contributed by atoms with Crippen LogP contribution >= 0.6 is 11.3 Å². The number of ether oxygens (including phenoxy) is 5. The zero-order valence-corrected chi connectivity index (χ0v) is 23.9. The number of hydrogen-bond acceptors (Lipinski definition) is 11. The third-order valence-corrected chi connectivity index (χ3v) is 8.15. The summed E-state index contributed by atoms with van der Waals surface area (Å²) in [6, 6.07) is 8.80. The maximum absolute atomic E-state index is 13.9. The molecule has 0 bridgehead atoms. The number of fused-ring (bicyclic) bond motifs is 3. The lowest BCUT2D eigenvalue weighted by atomic mass is 10.1. The van der Waals surface area contributed by atoms with Gasteiger partial charge in [-0.2, -0.15) is 0 Å². The van der Waals surface area contributed by atoms with Gasteiger partial charge in [-0.15, -0.1) is 17.6 Å². The third-order valence-electron chi connectivity index (χ3n) is 7.00. The number of nitrogens with zero attached hydrogens (tertiary/aromatic N) is 2. The van der Waals surface area contributed by atoms with Gasteiger partial charge in [0, 0.05) is 24.4 Å². The standard InChI is InChI=1S/C28H21F4N5O7S/c1-40-18-6-4-15-23(45-26(36-15)37-8-2-7-33-12-37)22(18)25(39)35-16-11-21-20(43-28(31,32)44-21)10-14(16)24(38)34-13-3-5-17-19(9-13)42-27(29,30)41-17/h3-6,9-11,33H,2,7-8,12H2,1H3,(H,34,38)(H,35,39). The van der Waals surface area contributed by atoms with Crippen molar-refractivity contribution in [1.29, 1.82) is 0 Å². The van der Waals surface area contributed by atoms with Crippen molar-refractivity contribution in [3.8, 4) is 28.7 Å². The lowest BCUT2D eigenvalue weighted by molar-refractivity contribution is -0.287. The first kappa shape index (κ1) is 28.7. The number of carbonyl (C=O) groups is 2. The van der Waals surface area contributed by atoms with Crippen LogP contribution in [0.15, 0.2) is 42.5 Å². The zero-order valence-electron chi connectivity index (χ0n) is 23.0. The van der Waals surface area contributed by atoms with Gasteiger partial charge in [-0.25, -0.2) is 4.98 Å². The molecular formula is C28H21F4N5O7S. The highest BCUT2D eigenvalue weighted by Gasteiger charge is 2.45. The molecule has 7 rings (SSSR count). The molecule has 3 aliphatic heterocycles. The second-order valence-corrected chi connectivity index (χ2v) is 11.0. The van der Waals surface area contributed by atoms with Gasteiger partial charge in [-0.3, -0.25) is 14.9 Å². The van der Waals surface area contributed by atoms with Gasteiger partial charge in [0.1, 0.15) is 11.3 Å². The van der Waals surface area contributed by atoms with Gasteiger partial charge in [0.15, 0.2) is 28.1 Å². The average molecular weight is 648 g/mol. The predicted molar refractivity (Wildman–Crippen MR) is 152 cm³/mol. The molecular weight excluding hydrogens is 626 g/mol. The number of halogens is 4. The van der Waals surface area contributed by atoms with Crippen LogP contribution in [0.25, 0.3) is 10.2 Å². The number of amides is 2. The first-order valence-corrected chi connectivity index (χ1v) is 14.2. The second-order valence-electron chi connectivity index (χ2n) is 10.0. The van der Waals surface area contributed by atoms with Crippen LogP contribution in [-0.2, 0) is 0 Å². The van der Waals surface area contributed by atoms with Crippen LogP contribution in [0.4, 0.5) is 34.1 Å². The fourth-order valence-electron chi connectivity index (χ4n) is 5.03. The largest absolute Gasteiger partial charge is 0.586 e. The van der Waals surface area contributed by atoms with Crippen molar-refractivity contribution in [3.05, 3.63) is 53.6 Å². The summed E-state index contributed by atoms with van der Waals surface area (Å²) in [5, 5.41) is 9.04. The van der Waals surface area contributed by atoms with Crippen molar-refractivity contribution < 1.29 is 50.8 Å². The number of carbonyl (C=O) groups excluding carboxylic acids is 2. The van der Waals surface area contributed by atoms with Crippen molar-refractivity contribution >= 4 is 49.9 Å². The van der Waals surface area contributed by atoms with Gasteiger partial charge < -0.3 is 39.2 Å². The van der Waals surface area contributed by atoms with Crippen LogP contribution in [0.2, 0.25) is 0 Å². The van der Waals surface area contributed by atoms with Crippen LogP contribution in [-0.4, -0.2) is 56.3 Å². The lowest BCUT2D eigenvalue weighted by Crippen LogP contribution is -2.41. The molecule has 4 aromatic rings. The normalized spacial score (nSPS) is 17.3. The van der Waals surface area contributed by atoms with E-state index in [1.165, 1.54) is 24.5 Å². The summed E-state index contributed by atoms with van der Waals surface area (Å²) in [6.07, 6.45) is -6.98. The Balaban J connectivity index is 1.23. The molecule has 0 unspecified atom stereocenters. The van der Waals surface area contributed by atoms with Crippen LogP contribution < -0.4 is 44.5 Å². The van der Waals surface area contributed by atoms with E-state index in [1.807, 2.05) is 4.90 Å². The molecule has 2 amide bonds. The first-order valence-electron chi connectivity index (χ1n) is 13.4. The highest BCUT2D eigenvalue weighted by Crippen LogP contribution is 2.45. The number of methoxy groups -OCH3 is 1. The summed E-state index contributed by atoms with van der Waals surface area (Å²) in [5.41, 5.74) is 0.130. The Morgan fingerprint density at radius 3 is 2.36 bits per heavy atom. The highest BCUT2D eigenvalue weighted by molar-refractivity contribution is 7.22. The number of rotatable bonds is 6. The molecule has 0 aliphatic carbocycles. The molecule has 234 valence electrons. The molecule has 12 nitrogen and oxygen atoms in total. The van der Waals surface area contributed by atoms with Crippen molar-refractivity contribution in [3.63, 3.8) is 0 Å². The van der Waals surface area contributed by atoms with Crippen molar-refractivity contribution in [2.75, 3.05) is 42.4 Å². The Morgan fingerprint density at radius 1 is 0.933 bits per heavy atom. The lowest BCUT2D eigenvalue weighted by Gasteiger charge is -2.26. The summed E-state index contributed by atoms with van der Waals surface area (Å²) in [5.74, 6) is -2.89. The zero-order chi connectivity index (χ0) is 31.5. The third kappa shape index (κ3) is 5.44. The molecule has 1 saturated heterocycles. The number of anilines is 3. The van der Waals surface area contributed by atoms with E-state index in [0.717, 1.165) is 43.8 Å². The molecule has 17 heteroatoms. The maximum Gasteiger partial charge on any atom is 0.586 e. The molecule has 0 radical (unpaired) electrons. The van der Waals surface area contributed by atoms with Gasteiger partial charge in [0.05, 0.1) is 35.2 Å². The SMILES string of the molecule is COc1ccc2nc(N3CCCNC3)sc2c1C(=O)Nc1cc2c(cc1C(=O)Nc1ccc3c(c1)OC(F)(F)O3)OC(F)(F)O2. The van der Waals surface area contributed by atoms with Gasteiger partial charge in [0.25, 0.3) is 11.8 Å². The summed E-state index contributed by atoms with van der Waals surface area (Å²) in [4.78, 5) is 34.0. The second kappa shape index (κ2) is 10.6. The quantitative estimate of drug-likeness (QED) is 0.240. The highest BCUT2D eigenvalue weighted by atomic mass is 32.1. The smallest absolute Gasteiger partial charge is 0.496 e. The minimum absolute atomic E-state index is 0.0103. The van der Waals surface area contributed by atoms with E-state index in [0.29, 0.717) is 22.0 Å². The van der Waals surface area contributed by atoms with Gasteiger partial charge in [-0.05, 0) is 43.3 Å². The maximum atomic E-state index is 13.9. The summed E-state index contributed by atoms with van der Waals surface area (Å²) in [6.45, 7) is 2.24. The number of aromatic nitrogens is 1. The minimum Gasteiger partial charge on any atom is -0.496 e. The van der Waals surface area contributed by atoms with E-state index in [1.54, 1.807) is 12.1 Å². The Labute approximate surface area is 254 Å². The molecule has 1 aromatic heterocycles. The van der Waals surface area contributed by atoms with Crippen LogP contribution in [0.5, 0.6) is 28.7 Å². The Hall–Kier alpha value is -5.03. The molecule has 3 aromatic carbocycles. The molecule has 45 heavy (non-hydrogen) atoms. The van der Waals surface area contributed by atoms with E-state index < -0.39 is 35.9 Å². The summed E-state index contributed by atoms with van der Waals surface area (Å²) < 4.78 is 78.7. The average Bonchev–Trinajstić information content (AvgIpc) is 3.66. The molecule has 3 N–H and O–H groups in total. The number of nitrogens with one attached hydrogen (secondary N) is 3. The van der Waals surface area contributed by atoms with E-state index in [4.69, 9.17) is 4.74 Å². The first-order chi connectivity index (χ1) is 21.5. The van der Waals surface area contributed by atoms with Gasteiger partial charge in [0.2, 0.25) is 0 Å². The summed E-state index contributed by atoms with van der Waals surface area (Å²) in [7, 11) is 1.39. The van der Waals surface area contributed by atoms with E-state index in [9.17, 15) is 27.2 Å². The number of alkyl halides is 4. The summed E-state index contributed by atoms with van der Waals surface area (Å²) >= 11 is 1.28.